The van der Waals surface area contributed by atoms with Gasteiger partial charge in [-0.15, -0.1) is 0 Å². The fourth-order valence-electron chi connectivity index (χ4n) is 4.03. The smallest absolute Gasteiger partial charge is 0.312 e. The number of carbonyl (C=O) groups is 2. The molecule has 5 nitrogen and oxygen atoms in total. The van der Waals surface area contributed by atoms with Gasteiger partial charge in [0.1, 0.15) is 13.2 Å². The van der Waals surface area contributed by atoms with Gasteiger partial charge in [-0.2, -0.15) is 0 Å². The van der Waals surface area contributed by atoms with Crippen molar-refractivity contribution in [1.82, 2.24) is 0 Å². The van der Waals surface area contributed by atoms with Gasteiger partial charge >= 0.3 is 11.9 Å². The molecule has 31 heavy (non-hydrogen) atoms. The molecule has 0 aliphatic carbocycles. The zero-order valence-corrected chi connectivity index (χ0v) is 18.3. The molecule has 1 heterocycles. The van der Waals surface area contributed by atoms with Gasteiger partial charge < -0.3 is 14.2 Å². The molecule has 0 N–H and O–H groups in total. The lowest BCUT2D eigenvalue weighted by Crippen LogP contribution is -2.45. The number of rotatable bonds is 8. The van der Waals surface area contributed by atoms with E-state index in [1.165, 1.54) is 0 Å². The molecule has 162 valence electrons. The first kappa shape index (κ1) is 23.1. The van der Waals surface area contributed by atoms with Gasteiger partial charge in [0.2, 0.25) is 0 Å². The molecule has 2 radical (unpaired) electrons. The maximum absolute atomic E-state index is 13.1. The van der Waals surface area contributed by atoms with Gasteiger partial charge in [-0.25, -0.2) is 0 Å². The fraction of sp³-hybridized carbons (Fsp3) is 0.440. The highest BCUT2D eigenvalue weighted by Gasteiger charge is 2.56. The summed E-state index contributed by atoms with van der Waals surface area (Å²) < 4.78 is 17.1. The van der Waals surface area contributed by atoms with Gasteiger partial charge in [0.15, 0.2) is 0 Å². The topological polar surface area (TPSA) is 61.8 Å². The van der Waals surface area contributed by atoms with Crippen molar-refractivity contribution in [1.29, 1.82) is 0 Å². The van der Waals surface area contributed by atoms with Crippen LogP contribution in [0.2, 0.25) is 5.82 Å². The number of hydrogen-bond acceptors (Lipinski definition) is 5. The van der Waals surface area contributed by atoms with Crippen LogP contribution in [-0.2, 0) is 37.0 Å². The van der Waals surface area contributed by atoms with Crippen LogP contribution in [0.1, 0.15) is 31.9 Å². The molecule has 3 unspecified atom stereocenters. The summed E-state index contributed by atoms with van der Waals surface area (Å²) in [4.78, 5) is 26.0. The molecule has 1 saturated heterocycles. The van der Waals surface area contributed by atoms with Crippen LogP contribution in [0, 0.1) is 17.3 Å². The zero-order chi connectivity index (χ0) is 22.4. The standard InChI is InChI=1S/C25H29BO5/c1-17(23(27)29-14-19-10-6-4-7-11-19)25(3)16-31-22(18(2)26)21(25)24(28)30-15-20-12-8-5-9-13-20/h4-13,17-18,21-22H,14-16H2,1-3H3/t17?,18-,21?,22?,25+/m1/s1. The predicted octanol–water partition coefficient (Wildman–Crippen LogP) is 4.11. The van der Waals surface area contributed by atoms with Crippen molar-refractivity contribution in [3.8, 4) is 0 Å². The largest absolute Gasteiger partial charge is 0.461 e. The SMILES string of the molecule is [B][C@H](C)C1OC[C@@](C)(C(C)C(=O)OCc2ccccc2)C1C(=O)OCc1ccccc1. The number of esters is 2. The molecule has 2 aromatic rings. The number of hydrogen-bond donors (Lipinski definition) is 0. The summed E-state index contributed by atoms with van der Waals surface area (Å²) in [6.07, 6.45) is -0.530. The van der Waals surface area contributed by atoms with Gasteiger partial charge in [0, 0.05) is 5.41 Å². The third kappa shape index (κ3) is 5.37. The normalized spacial score (nSPS) is 24.9. The van der Waals surface area contributed by atoms with Crippen molar-refractivity contribution in [3.63, 3.8) is 0 Å². The van der Waals surface area contributed by atoms with Crippen LogP contribution in [0.5, 0.6) is 0 Å². The summed E-state index contributed by atoms with van der Waals surface area (Å²) in [5, 5.41) is 0. The van der Waals surface area contributed by atoms with E-state index in [2.05, 4.69) is 0 Å². The van der Waals surface area contributed by atoms with E-state index < -0.39 is 29.3 Å². The van der Waals surface area contributed by atoms with Crippen LogP contribution in [0.25, 0.3) is 0 Å². The third-order valence-electron chi connectivity index (χ3n) is 6.19. The molecule has 2 aromatic carbocycles. The van der Waals surface area contributed by atoms with E-state index in [0.29, 0.717) is 0 Å². The average molecular weight is 420 g/mol. The molecule has 0 bridgehead atoms. The number of ether oxygens (including phenoxy) is 3. The van der Waals surface area contributed by atoms with E-state index in [-0.39, 0.29) is 31.6 Å². The van der Waals surface area contributed by atoms with Crippen molar-refractivity contribution >= 4 is 19.8 Å². The summed E-state index contributed by atoms with van der Waals surface area (Å²) in [7, 11) is 6.12. The van der Waals surface area contributed by atoms with Crippen LogP contribution in [-0.4, -0.2) is 32.5 Å². The maximum Gasteiger partial charge on any atom is 0.312 e. The quantitative estimate of drug-likeness (QED) is 0.475. The summed E-state index contributed by atoms with van der Waals surface area (Å²) in [5.41, 5.74) is 1.01. The molecular weight excluding hydrogens is 391 g/mol. The molecule has 0 saturated carbocycles. The van der Waals surface area contributed by atoms with Gasteiger partial charge in [-0.1, -0.05) is 87.3 Å². The molecule has 0 amide bonds. The third-order valence-corrected chi connectivity index (χ3v) is 6.19. The van der Waals surface area contributed by atoms with Crippen LogP contribution < -0.4 is 0 Å². The van der Waals surface area contributed by atoms with Crippen LogP contribution in [0.3, 0.4) is 0 Å². The Morgan fingerprint density at radius 2 is 1.52 bits per heavy atom. The second-order valence-electron chi connectivity index (χ2n) is 8.53. The summed E-state index contributed by atoms with van der Waals surface area (Å²) in [6, 6.07) is 19.0. The van der Waals surface area contributed by atoms with Gasteiger partial charge in [-0.3, -0.25) is 9.59 Å². The molecule has 1 aliphatic rings. The second kappa shape index (κ2) is 10.1. The van der Waals surface area contributed by atoms with Crippen molar-refractivity contribution in [3.05, 3.63) is 71.8 Å². The minimum atomic E-state index is -0.792. The number of benzene rings is 2. The minimum Gasteiger partial charge on any atom is -0.461 e. The Morgan fingerprint density at radius 1 is 1.00 bits per heavy atom. The van der Waals surface area contributed by atoms with Crippen molar-refractivity contribution in [2.45, 2.75) is 45.9 Å². The Kier molecular flexibility index (Phi) is 7.55. The second-order valence-corrected chi connectivity index (χ2v) is 8.53. The molecule has 3 rings (SSSR count). The minimum absolute atomic E-state index is 0.158. The summed E-state index contributed by atoms with van der Waals surface area (Å²) in [5.74, 6) is -2.41. The molecule has 5 atom stereocenters. The summed E-state index contributed by atoms with van der Waals surface area (Å²) >= 11 is 0. The van der Waals surface area contributed by atoms with Crippen molar-refractivity contribution < 1.29 is 23.8 Å². The first-order valence-electron chi connectivity index (χ1n) is 10.6. The van der Waals surface area contributed by atoms with Gasteiger partial charge in [0.05, 0.1) is 32.4 Å². The Morgan fingerprint density at radius 3 is 2.03 bits per heavy atom. The molecule has 1 fully saturated rings. The van der Waals surface area contributed by atoms with Crippen molar-refractivity contribution in [2.75, 3.05) is 6.61 Å². The zero-order valence-electron chi connectivity index (χ0n) is 18.3. The lowest BCUT2D eigenvalue weighted by Gasteiger charge is -2.35. The molecular formula is C25H29BO5. The van der Waals surface area contributed by atoms with E-state index in [9.17, 15) is 9.59 Å². The van der Waals surface area contributed by atoms with E-state index in [1.807, 2.05) is 67.6 Å². The monoisotopic (exact) mass is 420 g/mol. The van der Waals surface area contributed by atoms with E-state index in [0.717, 1.165) is 11.1 Å². The Labute approximate surface area is 185 Å². The lowest BCUT2D eigenvalue weighted by atomic mass is 9.65. The van der Waals surface area contributed by atoms with E-state index >= 15 is 0 Å². The molecule has 0 aromatic heterocycles. The Hall–Kier alpha value is -2.60. The fourth-order valence-corrected chi connectivity index (χ4v) is 4.03. The predicted molar refractivity (Wildman–Crippen MR) is 118 cm³/mol. The Bertz CT molecular complexity index is 870. The summed E-state index contributed by atoms with van der Waals surface area (Å²) in [6.45, 7) is 6.01. The van der Waals surface area contributed by atoms with E-state index in [1.54, 1.807) is 13.8 Å². The lowest BCUT2D eigenvalue weighted by molar-refractivity contribution is -0.161. The molecule has 6 heteroatoms. The highest BCUT2D eigenvalue weighted by molar-refractivity contribution is 6.12. The van der Waals surface area contributed by atoms with Crippen LogP contribution >= 0.6 is 0 Å². The van der Waals surface area contributed by atoms with E-state index in [4.69, 9.17) is 22.1 Å². The first-order valence-corrected chi connectivity index (χ1v) is 10.6. The maximum atomic E-state index is 13.1. The average Bonchev–Trinajstić information content (AvgIpc) is 3.15. The Balaban J connectivity index is 1.72. The first-order chi connectivity index (χ1) is 14.8. The van der Waals surface area contributed by atoms with Crippen molar-refractivity contribution in [2.24, 2.45) is 17.3 Å². The van der Waals surface area contributed by atoms with Crippen LogP contribution in [0.15, 0.2) is 60.7 Å². The van der Waals surface area contributed by atoms with Gasteiger partial charge in [-0.05, 0) is 11.1 Å². The molecule has 0 spiro atoms. The number of carbonyl (C=O) groups excluding carboxylic acids is 2. The highest BCUT2D eigenvalue weighted by atomic mass is 16.5. The highest BCUT2D eigenvalue weighted by Crippen LogP contribution is 2.48. The van der Waals surface area contributed by atoms with Gasteiger partial charge in [0.25, 0.3) is 0 Å². The van der Waals surface area contributed by atoms with Crippen LogP contribution in [0.4, 0.5) is 0 Å². The molecule has 1 aliphatic heterocycles.